The molecule has 0 saturated carbocycles. The number of para-hydroxylation sites is 1. The molecule has 0 saturated heterocycles. The molecule has 0 aliphatic heterocycles. The van der Waals surface area contributed by atoms with Gasteiger partial charge in [-0.3, -0.25) is 0 Å². The van der Waals surface area contributed by atoms with Crippen LogP contribution in [0.5, 0.6) is 0 Å². The van der Waals surface area contributed by atoms with Crippen molar-refractivity contribution >= 4 is 11.4 Å². The average molecular weight is 240 g/mol. The summed E-state index contributed by atoms with van der Waals surface area (Å²) in [5, 5.41) is 3.50. The molecule has 2 nitrogen and oxygen atoms in total. The van der Waals surface area contributed by atoms with Gasteiger partial charge in [0.25, 0.3) is 0 Å². The fourth-order valence-corrected chi connectivity index (χ4v) is 2.28. The predicted octanol–water partition coefficient (Wildman–Crippen LogP) is 3.81. The molecule has 0 aliphatic carbocycles. The van der Waals surface area contributed by atoms with E-state index in [1.807, 2.05) is 12.1 Å². The Morgan fingerprint density at radius 1 is 1.00 bits per heavy atom. The fraction of sp³-hybridized carbons (Fsp3) is 0.250. The highest BCUT2D eigenvalue weighted by atomic mass is 14.9. The summed E-state index contributed by atoms with van der Waals surface area (Å²) < 4.78 is 0. The second-order valence-corrected chi connectivity index (χ2v) is 4.87. The topological polar surface area (TPSA) is 38.0 Å². The van der Waals surface area contributed by atoms with Crippen molar-refractivity contribution in [1.82, 2.24) is 0 Å². The summed E-state index contributed by atoms with van der Waals surface area (Å²) in [4.78, 5) is 0. The molecular weight excluding hydrogens is 220 g/mol. The van der Waals surface area contributed by atoms with Crippen molar-refractivity contribution in [2.24, 2.45) is 0 Å². The largest absolute Gasteiger partial charge is 0.399 e. The Morgan fingerprint density at radius 2 is 1.67 bits per heavy atom. The summed E-state index contributed by atoms with van der Waals surface area (Å²) >= 11 is 0. The number of aryl methyl sites for hydroxylation is 3. The second-order valence-electron chi connectivity index (χ2n) is 4.87. The van der Waals surface area contributed by atoms with Crippen molar-refractivity contribution in [2.45, 2.75) is 27.3 Å². The minimum Gasteiger partial charge on any atom is -0.399 e. The first-order valence-corrected chi connectivity index (χ1v) is 6.22. The predicted molar refractivity (Wildman–Crippen MR) is 78.8 cm³/mol. The molecule has 0 spiro atoms. The highest BCUT2D eigenvalue weighted by molar-refractivity contribution is 5.57. The van der Waals surface area contributed by atoms with Crippen LogP contribution in [0.1, 0.15) is 22.3 Å². The number of hydrogen-bond donors (Lipinski definition) is 2. The van der Waals surface area contributed by atoms with Crippen molar-refractivity contribution in [3.8, 4) is 0 Å². The lowest BCUT2D eigenvalue weighted by Crippen LogP contribution is -2.03. The van der Waals surface area contributed by atoms with Gasteiger partial charge < -0.3 is 11.1 Å². The zero-order valence-electron chi connectivity index (χ0n) is 11.2. The van der Waals surface area contributed by atoms with E-state index in [0.29, 0.717) is 0 Å². The Bertz CT molecular complexity index is 519. The van der Waals surface area contributed by atoms with Crippen LogP contribution in [-0.4, -0.2) is 0 Å². The number of nitrogens with one attached hydrogen (secondary N) is 1. The van der Waals surface area contributed by atoms with Crippen LogP contribution in [0, 0.1) is 20.8 Å². The fourth-order valence-electron chi connectivity index (χ4n) is 2.28. The normalized spacial score (nSPS) is 10.4. The summed E-state index contributed by atoms with van der Waals surface area (Å²) in [5.41, 5.74) is 12.9. The van der Waals surface area contributed by atoms with E-state index in [9.17, 15) is 0 Å². The van der Waals surface area contributed by atoms with Gasteiger partial charge in [-0.2, -0.15) is 0 Å². The zero-order chi connectivity index (χ0) is 13.1. The number of hydrogen-bond acceptors (Lipinski definition) is 2. The van der Waals surface area contributed by atoms with Gasteiger partial charge in [-0.15, -0.1) is 0 Å². The van der Waals surface area contributed by atoms with Crippen LogP contribution in [0.25, 0.3) is 0 Å². The van der Waals surface area contributed by atoms with Crippen molar-refractivity contribution in [3.05, 3.63) is 58.7 Å². The molecule has 2 heteroatoms. The first kappa shape index (κ1) is 12.5. The van der Waals surface area contributed by atoms with E-state index in [1.54, 1.807) is 0 Å². The van der Waals surface area contributed by atoms with E-state index in [-0.39, 0.29) is 0 Å². The molecule has 2 aromatic carbocycles. The molecule has 3 N–H and O–H groups in total. The third kappa shape index (κ3) is 2.83. The van der Waals surface area contributed by atoms with Crippen molar-refractivity contribution in [2.75, 3.05) is 11.1 Å². The van der Waals surface area contributed by atoms with E-state index in [4.69, 9.17) is 5.73 Å². The Labute approximate surface area is 109 Å². The van der Waals surface area contributed by atoms with Gasteiger partial charge in [0.15, 0.2) is 0 Å². The second kappa shape index (κ2) is 5.13. The summed E-state index contributed by atoms with van der Waals surface area (Å²) in [6, 6.07) is 12.5. The van der Waals surface area contributed by atoms with Gasteiger partial charge in [0.05, 0.1) is 0 Å². The molecule has 2 aromatic rings. The lowest BCUT2D eigenvalue weighted by atomic mass is 10.1. The Hall–Kier alpha value is -1.96. The van der Waals surface area contributed by atoms with Crippen LogP contribution in [0.15, 0.2) is 36.4 Å². The molecule has 18 heavy (non-hydrogen) atoms. The highest BCUT2D eigenvalue weighted by Gasteiger charge is 2.02. The Morgan fingerprint density at radius 3 is 2.28 bits per heavy atom. The molecule has 0 fully saturated rings. The minimum atomic E-state index is 0.803. The molecule has 0 aromatic heterocycles. The average Bonchev–Trinajstić information content (AvgIpc) is 2.27. The monoisotopic (exact) mass is 240 g/mol. The van der Waals surface area contributed by atoms with E-state index in [2.05, 4.69) is 50.4 Å². The summed E-state index contributed by atoms with van der Waals surface area (Å²) in [6.45, 7) is 7.12. The molecule has 0 atom stereocenters. The van der Waals surface area contributed by atoms with E-state index < -0.39 is 0 Å². The number of rotatable bonds is 3. The van der Waals surface area contributed by atoms with Crippen LogP contribution < -0.4 is 11.1 Å². The lowest BCUT2D eigenvalue weighted by molar-refractivity contribution is 1.12. The first-order chi connectivity index (χ1) is 8.56. The van der Waals surface area contributed by atoms with Crippen molar-refractivity contribution in [1.29, 1.82) is 0 Å². The van der Waals surface area contributed by atoms with E-state index in [0.717, 1.165) is 12.2 Å². The SMILES string of the molecule is Cc1cc(N)cc(CNc2c(C)cccc2C)c1. The van der Waals surface area contributed by atoms with Crippen LogP contribution in [-0.2, 0) is 6.54 Å². The Balaban J connectivity index is 2.16. The molecular formula is C16H20N2. The molecule has 0 unspecified atom stereocenters. The minimum absolute atomic E-state index is 0.803. The zero-order valence-corrected chi connectivity index (χ0v) is 11.2. The van der Waals surface area contributed by atoms with Gasteiger partial charge in [-0.05, 0) is 55.2 Å². The molecule has 0 amide bonds. The first-order valence-electron chi connectivity index (χ1n) is 6.22. The number of nitrogen functional groups attached to an aromatic ring is 1. The summed E-state index contributed by atoms with van der Waals surface area (Å²) in [6.07, 6.45) is 0. The quantitative estimate of drug-likeness (QED) is 0.801. The van der Waals surface area contributed by atoms with E-state index >= 15 is 0 Å². The maximum Gasteiger partial charge on any atom is 0.0402 e. The van der Waals surface area contributed by atoms with Crippen molar-refractivity contribution < 1.29 is 0 Å². The number of nitrogens with two attached hydrogens (primary N) is 1. The molecule has 0 heterocycles. The van der Waals surface area contributed by atoms with Gasteiger partial charge in [-0.25, -0.2) is 0 Å². The smallest absolute Gasteiger partial charge is 0.0402 e. The van der Waals surface area contributed by atoms with Crippen LogP contribution in [0.4, 0.5) is 11.4 Å². The molecule has 2 rings (SSSR count). The summed E-state index contributed by atoms with van der Waals surface area (Å²) in [5.74, 6) is 0. The van der Waals surface area contributed by atoms with Gasteiger partial charge >= 0.3 is 0 Å². The van der Waals surface area contributed by atoms with Gasteiger partial charge in [0.2, 0.25) is 0 Å². The number of benzene rings is 2. The molecule has 0 aliphatic rings. The number of anilines is 2. The van der Waals surface area contributed by atoms with Gasteiger partial charge in [-0.1, -0.05) is 24.3 Å². The Kier molecular flexibility index (Phi) is 3.56. The third-order valence-corrected chi connectivity index (χ3v) is 3.11. The molecule has 94 valence electrons. The molecule has 0 bridgehead atoms. The lowest BCUT2D eigenvalue weighted by Gasteiger charge is -2.13. The molecule has 0 radical (unpaired) electrons. The van der Waals surface area contributed by atoms with Crippen molar-refractivity contribution in [3.63, 3.8) is 0 Å². The van der Waals surface area contributed by atoms with Crippen LogP contribution in [0.2, 0.25) is 0 Å². The maximum absolute atomic E-state index is 5.86. The van der Waals surface area contributed by atoms with Gasteiger partial charge in [0, 0.05) is 17.9 Å². The van der Waals surface area contributed by atoms with Crippen LogP contribution in [0.3, 0.4) is 0 Å². The van der Waals surface area contributed by atoms with Gasteiger partial charge in [0.1, 0.15) is 0 Å². The van der Waals surface area contributed by atoms with E-state index in [1.165, 1.54) is 27.9 Å². The van der Waals surface area contributed by atoms with Crippen LogP contribution >= 0.6 is 0 Å². The standard InChI is InChI=1S/C16H20N2/c1-11-7-14(9-15(17)8-11)10-18-16-12(2)5-4-6-13(16)3/h4-9,18H,10,17H2,1-3H3. The maximum atomic E-state index is 5.86. The summed E-state index contributed by atoms with van der Waals surface area (Å²) in [7, 11) is 0. The highest BCUT2D eigenvalue weighted by Crippen LogP contribution is 2.21. The third-order valence-electron chi connectivity index (χ3n) is 3.11.